The Balaban J connectivity index is 1.54. The highest BCUT2D eigenvalue weighted by atomic mass is 19.3. The van der Waals surface area contributed by atoms with Crippen LogP contribution < -0.4 is 10.0 Å². The number of allylic oxidation sites excluding steroid dienone is 9. The second kappa shape index (κ2) is 7.68. The number of likely N-dealkylation sites (tertiary alicyclic amines) is 1. The van der Waals surface area contributed by atoms with Gasteiger partial charge in [-0.1, -0.05) is 18.2 Å². The first-order valence-electron chi connectivity index (χ1n) is 12.1. The summed E-state index contributed by atoms with van der Waals surface area (Å²) >= 11 is 0. The van der Waals surface area contributed by atoms with Crippen LogP contribution in [-0.2, 0) is 10.2 Å². The van der Waals surface area contributed by atoms with Crippen LogP contribution in [0, 0.1) is 12.0 Å². The first-order chi connectivity index (χ1) is 17.4. The standard InChI is InChI=1S/C29H24F4N2O2/c1-27(2)23-11-17(34-13-28(30,31)14-34)7-9-21(23)25(19-5-3-4-6-20(19)26(36)37)22-10-8-18(12-24(22)27)35-15-29(32,33)16-35/h3-9,11-12,20H,13-16H2,1-2H3. The van der Waals surface area contributed by atoms with Crippen LogP contribution in [0.5, 0.6) is 0 Å². The number of nitrogens with zero attached hydrogens (tertiary/aromatic N) is 2. The van der Waals surface area contributed by atoms with Crippen molar-refractivity contribution in [2.24, 2.45) is 5.92 Å². The topological polar surface area (TPSA) is 46.6 Å². The van der Waals surface area contributed by atoms with Crippen molar-refractivity contribution >= 4 is 17.2 Å². The minimum atomic E-state index is -2.74. The molecule has 0 radical (unpaired) electrons. The molecule has 0 saturated carbocycles. The molecule has 37 heavy (non-hydrogen) atoms. The number of aliphatic carboxylic acids is 1. The van der Waals surface area contributed by atoms with Crippen molar-refractivity contribution in [2.45, 2.75) is 31.1 Å². The summed E-state index contributed by atoms with van der Waals surface area (Å²) in [6, 6.07) is 5.52. The number of fused-ring (bicyclic) bond motifs is 1. The van der Waals surface area contributed by atoms with Crippen LogP contribution in [-0.4, -0.2) is 48.9 Å². The molecule has 2 aliphatic heterocycles. The first-order valence-corrected chi connectivity index (χ1v) is 12.1. The van der Waals surface area contributed by atoms with E-state index in [4.69, 9.17) is 0 Å². The molecule has 5 aliphatic rings. The average molecular weight is 509 g/mol. The number of benzene rings is 1. The molecule has 2 fully saturated rings. The molecule has 1 unspecified atom stereocenters. The van der Waals surface area contributed by atoms with Crippen LogP contribution >= 0.6 is 0 Å². The zero-order valence-corrected chi connectivity index (χ0v) is 20.3. The number of carboxylic acid groups (broad SMARTS) is 1. The molecule has 1 aromatic carbocycles. The predicted molar refractivity (Wildman–Crippen MR) is 130 cm³/mol. The minimum Gasteiger partial charge on any atom is -0.549 e. The number of carbonyl (C=O) groups excluding carboxylic acids is 1. The van der Waals surface area contributed by atoms with Crippen molar-refractivity contribution in [3.8, 4) is 0 Å². The highest BCUT2D eigenvalue weighted by molar-refractivity contribution is 5.95. The zero-order chi connectivity index (χ0) is 26.3. The van der Waals surface area contributed by atoms with Crippen molar-refractivity contribution < 1.29 is 27.5 Å². The maximum Gasteiger partial charge on any atom is 0.284 e. The number of hydrogen-bond acceptors (Lipinski definition) is 4. The number of rotatable bonds is 3. The van der Waals surface area contributed by atoms with Gasteiger partial charge in [-0.25, -0.2) is 17.6 Å². The molecule has 0 N–H and O–H groups in total. The van der Waals surface area contributed by atoms with E-state index in [1.165, 1.54) is 0 Å². The van der Waals surface area contributed by atoms with Gasteiger partial charge in [-0.3, -0.25) is 0 Å². The minimum absolute atomic E-state index is 0.363. The van der Waals surface area contributed by atoms with E-state index >= 15 is 0 Å². The third-order valence-corrected chi connectivity index (χ3v) is 7.78. The van der Waals surface area contributed by atoms with Gasteiger partial charge < -0.3 is 19.7 Å². The van der Waals surface area contributed by atoms with Crippen molar-refractivity contribution in [1.82, 2.24) is 4.90 Å². The summed E-state index contributed by atoms with van der Waals surface area (Å²) in [5, 5.41) is 12.1. The number of carbonyl (C=O) groups is 1. The Morgan fingerprint density at radius 3 is 2.35 bits per heavy atom. The smallest absolute Gasteiger partial charge is 0.284 e. The van der Waals surface area contributed by atoms with Crippen LogP contribution in [0.2, 0.25) is 0 Å². The fourth-order valence-corrected chi connectivity index (χ4v) is 5.79. The van der Waals surface area contributed by atoms with E-state index in [-0.39, 0.29) is 26.2 Å². The second-order valence-corrected chi connectivity index (χ2v) is 10.8. The number of carboxylic acids is 1. The van der Waals surface area contributed by atoms with E-state index in [2.05, 4.69) is 6.08 Å². The van der Waals surface area contributed by atoms with Crippen LogP contribution in [0.15, 0.2) is 77.1 Å². The van der Waals surface area contributed by atoms with Gasteiger partial charge >= 0.3 is 0 Å². The monoisotopic (exact) mass is 508 g/mol. The maximum absolute atomic E-state index is 13.6. The summed E-state index contributed by atoms with van der Waals surface area (Å²) in [5.41, 5.74) is 4.96. The van der Waals surface area contributed by atoms with E-state index < -0.39 is 29.1 Å². The van der Waals surface area contributed by atoms with Crippen LogP contribution in [0.1, 0.15) is 25.0 Å². The normalized spacial score (nSPS) is 28.1. The SMILES string of the molecule is CC1(C)C2=C([C+]=CC(N3CC(F)(F)C3)=C2)C(=C2C=CC=CC2C(=O)[O-])c2ccc(N3CC(F)(F)C3)cc21. The summed E-state index contributed by atoms with van der Waals surface area (Å²) < 4.78 is 54.4. The lowest BCUT2D eigenvalue weighted by Crippen LogP contribution is -2.56. The number of anilines is 1. The molecule has 0 spiro atoms. The molecular formula is C29H24F4N2O2. The van der Waals surface area contributed by atoms with E-state index in [1.807, 2.05) is 32.1 Å². The first kappa shape index (κ1) is 23.7. The Kier molecular flexibility index (Phi) is 4.93. The molecule has 190 valence electrons. The quantitative estimate of drug-likeness (QED) is 0.454. The Labute approximate surface area is 212 Å². The van der Waals surface area contributed by atoms with Crippen molar-refractivity contribution in [1.29, 1.82) is 0 Å². The third-order valence-electron chi connectivity index (χ3n) is 7.78. The zero-order valence-electron chi connectivity index (χ0n) is 20.3. The molecule has 0 aromatic heterocycles. The van der Waals surface area contributed by atoms with E-state index in [1.54, 1.807) is 46.2 Å². The van der Waals surface area contributed by atoms with Gasteiger partial charge in [0.1, 0.15) is 5.70 Å². The Morgan fingerprint density at radius 2 is 1.70 bits per heavy atom. The third kappa shape index (κ3) is 3.74. The van der Waals surface area contributed by atoms with Gasteiger partial charge in [0.15, 0.2) is 5.57 Å². The van der Waals surface area contributed by atoms with Gasteiger partial charge in [0.05, 0.1) is 66.8 Å². The highest BCUT2D eigenvalue weighted by Crippen LogP contribution is 2.52. The molecule has 4 nitrogen and oxygen atoms in total. The Hall–Kier alpha value is -3.64. The van der Waals surface area contributed by atoms with Crippen molar-refractivity contribution in [3.63, 3.8) is 0 Å². The lowest BCUT2D eigenvalue weighted by Gasteiger charge is -2.42. The average Bonchev–Trinajstić information content (AvgIpc) is 2.81. The lowest BCUT2D eigenvalue weighted by molar-refractivity contribution is -0.308. The predicted octanol–water partition coefficient (Wildman–Crippen LogP) is 4.18. The summed E-state index contributed by atoms with van der Waals surface area (Å²) in [5.74, 6) is -7.69. The van der Waals surface area contributed by atoms with Crippen LogP contribution in [0.3, 0.4) is 0 Å². The van der Waals surface area contributed by atoms with Gasteiger partial charge in [0.25, 0.3) is 11.8 Å². The molecule has 1 atom stereocenters. The molecule has 6 rings (SSSR count). The Bertz CT molecular complexity index is 1390. The Morgan fingerprint density at radius 1 is 1.03 bits per heavy atom. The van der Waals surface area contributed by atoms with Gasteiger partial charge in [-0.15, -0.1) is 0 Å². The molecule has 2 heterocycles. The van der Waals surface area contributed by atoms with E-state index in [9.17, 15) is 27.5 Å². The van der Waals surface area contributed by atoms with Crippen LogP contribution in [0.4, 0.5) is 23.2 Å². The summed E-state index contributed by atoms with van der Waals surface area (Å²) in [4.78, 5) is 15.3. The molecule has 0 amide bonds. The van der Waals surface area contributed by atoms with Gasteiger partial charge in [-0.05, 0) is 43.7 Å². The summed E-state index contributed by atoms with van der Waals surface area (Å²) in [6.07, 6.45) is 13.5. The van der Waals surface area contributed by atoms with E-state index in [0.717, 1.165) is 16.7 Å². The van der Waals surface area contributed by atoms with Gasteiger partial charge in [-0.2, -0.15) is 0 Å². The van der Waals surface area contributed by atoms with Crippen molar-refractivity contribution in [2.75, 3.05) is 31.1 Å². The lowest BCUT2D eigenvalue weighted by atomic mass is 9.64. The van der Waals surface area contributed by atoms with E-state index in [0.29, 0.717) is 28.1 Å². The van der Waals surface area contributed by atoms with Crippen LogP contribution in [0.25, 0.3) is 5.57 Å². The summed E-state index contributed by atoms with van der Waals surface area (Å²) in [6.45, 7) is 2.51. The second-order valence-electron chi connectivity index (χ2n) is 10.8. The highest BCUT2D eigenvalue weighted by Gasteiger charge is 2.50. The molecule has 8 heteroatoms. The molecule has 3 aliphatic carbocycles. The number of hydrogen-bond donors (Lipinski definition) is 0. The summed E-state index contributed by atoms with van der Waals surface area (Å²) in [7, 11) is 0. The maximum atomic E-state index is 13.6. The molecular weight excluding hydrogens is 484 g/mol. The molecule has 2 saturated heterocycles. The molecule has 0 bridgehead atoms. The number of alkyl halides is 4. The molecule has 1 aromatic rings. The number of halogens is 4. The van der Waals surface area contributed by atoms with Gasteiger partial charge in [0.2, 0.25) is 0 Å². The fourth-order valence-electron chi connectivity index (χ4n) is 5.79. The fraction of sp³-hybridized carbons (Fsp3) is 0.345. The van der Waals surface area contributed by atoms with Crippen molar-refractivity contribution in [3.05, 3.63) is 94.3 Å². The van der Waals surface area contributed by atoms with Gasteiger partial charge in [0, 0.05) is 22.9 Å². The largest absolute Gasteiger partial charge is 0.549 e.